The zero-order chi connectivity index (χ0) is 12.5. The van der Waals surface area contributed by atoms with E-state index in [2.05, 4.69) is 5.32 Å². The molecule has 0 bridgehead atoms. The van der Waals surface area contributed by atoms with Crippen LogP contribution < -0.4 is 5.32 Å². The highest BCUT2D eigenvalue weighted by atomic mass is 35.5. The number of halogens is 1. The predicted molar refractivity (Wildman–Crippen MR) is 72.8 cm³/mol. The summed E-state index contributed by atoms with van der Waals surface area (Å²) < 4.78 is 4.95. The van der Waals surface area contributed by atoms with Crippen LogP contribution in [0.15, 0.2) is 23.1 Å². The molecule has 0 fully saturated rings. The van der Waals surface area contributed by atoms with Crippen molar-refractivity contribution in [2.75, 3.05) is 32.6 Å². The second-order valence-corrected chi connectivity index (χ2v) is 5.07. The SMILES string of the molecule is COCCNCc1ccc(SCCO)cc1Cl. The van der Waals surface area contributed by atoms with Gasteiger partial charge in [0.05, 0.1) is 13.2 Å². The number of benzene rings is 1. The predicted octanol–water partition coefficient (Wildman–Crippen LogP) is 2.16. The first-order valence-corrected chi connectivity index (χ1v) is 6.86. The number of methoxy groups -OCH3 is 1. The smallest absolute Gasteiger partial charge is 0.0587 e. The van der Waals surface area contributed by atoms with E-state index in [9.17, 15) is 0 Å². The first-order valence-electron chi connectivity index (χ1n) is 5.49. The highest BCUT2D eigenvalue weighted by Crippen LogP contribution is 2.24. The number of hydrogen-bond acceptors (Lipinski definition) is 4. The normalized spacial score (nSPS) is 10.8. The van der Waals surface area contributed by atoms with Crippen LogP contribution in [-0.4, -0.2) is 37.7 Å². The van der Waals surface area contributed by atoms with Crippen LogP contribution in [0.5, 0.6) is 0 Å². The molecule has 0 unspecified atom stereocenters. The molecule has 96 valence electrons. The lowest BCUT2D eigenvalue weighted by atomic mass is 10.2. The average molecular weight is 276 g/mol. The molecule has 0 aromatic heterocycles. The third-order valence-electron chi connectivity index (χ3n) is 2.18. The van der Waals surface area contributed by atoms with E-state index in [1.54, 1.807) is 18.9 Å². The van der Waals surface area contributed by atoms with Crippen LogP contribution in [0, 0.1) is 0 Å². The van der Waals surface area contributed by atoms with Gasteiger partial charge in [0.25, 0.3) is 0 Å². The monoisotopic (exact) mass is 275 g/mol. The van der Waals surface area contributed by atoms with Gasteiger partial charge in [0.2, 0.25) is 0 Å². The van der Waals surface area contributed by atoms with E-state index in [-0.39, 0.29) is 6.61 Å². The zero-order valence-corrected chi connectivity index (χ0v) is 11.5. The van der Waals surface area contributed by atoms with Gasteiger partial charge in [0, 0.05) is 35.9 Å². The summed E-state index contributed by atoms with van der Waals surface area (Å²) in [6, 6.07) is 5.98. The topological polar surface area (TPSA) is 41.5 Å². The van der Waals surface area contributed by atoms with Crippen LogP contribution in [0.3, 0.4) is 0 Å². The molecule has 1 aromatic carbocycles. The van der Waals surface area contributed by atoms with Crippen LogP contribution in [0.25, 0.3) is 0 Å². The fourth-order valence-corrected chi connectivity index (χ4v) is 2.33. The molecular formula is C12H18ClNO2S. The van der Waals surface area contributed by atoms with Gasteiger partial charge in [-0.05, 0) is 17.7 Å². The summed E-state index contributed by atoms with van der Waals surface area (Å²) in [4.78, 5) is 1.09. The van der Waals surface area contributed by atoms with Crippen molar-refractivity contribution in [2.45, 2.75) is 11.4 Å². The standard InChI is InChI=1S/C12H18ClNO2S/c1-16-6-4-14-9-10-2-3-11(8-12(10)13)17-7-5-15/h2-3,8,14-15H,4-7,9H2,1H3. The fourth-order valence-electron chi connectivity index (χ4n) is 1.32. The van der Waals surface area contributed by atoms with Crippen molar-refractivity contribution in [3.8, 4) is 0 Å². The molecule has 0 radical (unpaired) electrons. The maximum Gasteiger partial charge on any atom is 0.0587 e. The molecule has 0 atom stereocenters. The Bertz CT molecular complexity index is 336. The zero-order valence-electron chi connectivity index (χ0n) is 9.91. The molecule has 5 heteroatoms. The Hall–Kier alpha value is -0.260. The molecule has 0 saturated carbocycles. The highest BCUT2D eigenvalue weighted by molar-refractivity contribution is 7.99. The number of thioether (sulfide) groups is 1. The molecular weight excluding hydrogens is 258 g/mol. The Morgan fingerprint density at radius 1 is 1.47 bits per heavy atom. The molecule has 0 amide bonds. The maximum absolute atomic E-state index is 8.74. The Kier molecular flexibility index (Phi) is 7.64. The summed E-state index contributed by atoms with van der Waals surface area (Å²) in [7, 11) is 1.68. The first kappa shape index (κ1) is 14.8. The van der Waals surface area contributed by atoms with Crippen molar-refractivity contribution >= 4 is 23.4 Å². The number of aliphatic hydroxyl groups is 1. The second-order valence-electron chi connectivity index (χ2n) is 3.49. The molecule has 0 aliphatic rings. The molecule has 0 saturated heterocycles. The van der Waals surface area contributed by atoms with E-state index in [4.69, 9.17) is 21.4 Å². The van der Waals surface area contributed by atoms with Gasteiger partial charge in [0.1, 0.15) is 0 Å². The molecule has 1 aromatic rings. The van der Waals surface area contributed by atoms with Gasteiger partial charge in [-0.15, -0.1) is 11.8 Å². The van der Waals surface area contributed by atoms with Crippen molar-refractivity contribution in [1.29, 1.82) is 0 Å². The van der Waals surface area contributed by atoms with Crippen molar-refractivity contribution in [1.82, 2.24) is 5.32 Å². The first-order chi connectivity index (χ1) is 8.27. The van der Waals surface area contributed by atoms with Gasteiger partial charge >= 0.3 is 0 Å². The van der Waals surface area contributed by atoms with E-state index in [1.165, 1.54) is 0 Å². The minimum atomic E-state index is 0.183. The minimum absolute atomic E-state index is 0.183. The van der Waals surface area contributed by atoms with Gasteiger partial charge in [0.15, 0.2) is 0 Å². The van der Waals surface area contributed by atoms with Crippen LogP contribution >= 0.6 is 23.4 Å². The number of nitrogens with one attached hydrogen (secondary N) is 1. The van der Waals surface area contributed by atoms with Crippen LogP contribution in [0.2, 0.25) is 5.02 Å². The van der Waals surface area contributed by atoms with E-state index >= 15 is 0 Å². The minimum Gasteiger partial charge on any atom is -0.396 e. The lowest BCUT2D eigenvalue weighted by molar-refractivity contribution is 0.199. The molecule has 3 nitrogen and oxygen atoms in total. The van der Waals surface area contributed by atoms with Crippen molar-refractivity contribution in [3.63, 3.8) is 0 Å². The lowest BCUT2D eigenvalue weighted by Gasteiger charge is -2.08. The van der Waals surface area contributed by atoms with Crippen molar-refractivity contribution in [2.24, 2.45) is 0 Å². The van der Waals surface area contributed by atoms with E-state index < -0.39 is 0 Å². The Morgan fingerprint density at radius 3 is 2.94 bits per heavy atom. The van der Waals surface area contributed by atoms with Gasteiger partial charge in [-0.25, -0.2) is 0 Å². The van der Waals surface area contributed by atoms with Gasteiger partial charge in [-0.2, -0.15) is 0 Å². The Balaban J connectivity index is 2.45. The summed E-state index contributed by atoms with van der Waals surface area (Å²) in [6.45, 7) is 2.44. The van der Waals surface area contributed by atoms with Gasteiger partial charge in [-0.1, -0.05) is 17.7 Å². The van der Waals surface area contributed by atoms with Crippen LogP contribution in [0.1, 0.15) is 5.56 Å². The van der Waals surface area contributed by atoms with Crippen molar-refractivity contribution in [3.05, 3.63) is 28.8 Å². The quantitative estimate of drug-likeness (QED) is 0.564. The third-order valence-corrected chi connectivity index (χ3v) is 3.51. The van der Waals surface area contributed by atoms with Gasteiger partial charge < -0.3 is 15.2 Å². The summed E-state index contributed by atoms with van der Waals surface area (Å²) in [5, 5.41) is 12.8. The average Bonchev–Trinajstić information content (AvgIpc) is 2.34. The van der Waals surface area contributed by atoms with Crippen molar-refractivity contribution < 1.29 is 9.84 Å². The molecule has 0 aliphatic carbocycles. The maximum atomic E-state index is 8.74. The molecule has 17 heavy (non-hydrogen) atoms. The summed E-state index contributed by atoms with van der Waals surface area (Å²) in [5.41, 5.74) is 1.08. The fraction of sp³-hybridized carbons (Fsp3) is 0.500. The number of rotatable bonds is 8. The van der Waals surface area contributed by atoms with E-state index in [0.717, 1.165) is 28.6 Å². The molecule has 2 N–H and O–H groups in total. The second kappa shape index (κ2) is 8.78. The molecule has 0 spiro atoms. The third kappa shape index (κ3) is 5.75. The lowest BCUT2D eigenvalue weighted by Crippen LogP contribution is -2.18. The number of ether oxygens (including phenoxy) is 1. The van der Waals surface area contributed by atoms with E-state index in [0.29, 0.717) is 12.4 Å². The Morgan fingerprint density at radius 2 is 2.29 bits per heavy atom. The summed E-state index contributed by atoms with van der Waals surface area (Å²) >= 11 is 7.77. The Labute approximate surface area is 112 Å². The molecule has 1 rings (SSSR count). The summed E-state index contributed by atoms with van der Waals surface area (Å²) in [5.74, 6) is 0.696. The largest absolute Gasteiger partial charge is 0.396 e. The molecule has 0 heterocycles. The van der Waals surface area contributed by atoms with Crippen LogP contribution in [-0.2, 0) is 11.3 Å². The number of hydrogen-bond donors (Lipinski definition) is 2. The number of aliphatic hydroxyl groups excluding tert-OH is 1. The van der Waals surface area contributed by atoms with Crippen LogP contribution in [0.4, 0.5) is 0 Å². The molecule has 0 aliphatic heterocycles. The summed E-state index contributed by atoms with van der Waals surface area (Å²) in [6.07, 6.45) is 0. The van der Waals surface area contributed by atoms with E-state index in [1.807, 2.05) is 18.2 Å². The highest BCUT2D eigenvalue weighted by Gasteiger charge is 2.02. The van der Waals surface area contributed by atoms with Gasteiger partial charge in [-0.3, -0.25) is 0 Å².